The molecule has 1 amide bonds. The first-order chi connectivity index (χ1) is 7.66. The fourth-order valence-corrected chi connectivity index (χ4v) is 1.95. The van der Waals surface area contributed by atoms with E-state index in [1.165, 1.54) is 0 Å². The van der Waals surface area contributed by atoms with Crippen LogP contribution in [0.2, 0.25) is 0 Å². The summed E-state index contributed by atoms with van der Waals surface area (Å²) in [5.41, 5.74) is 6.42. The van der Waals surface area contributed by atoms with Crippen LogP contribution in [0.25, 0.3) is 0 Å². The van der Waals surface area contributed by atoms with Crippen molar-refractivity contribution in [2.45, 2.75) is 18.9 Å². The van der Waals surface area contributed by atoms with Crippen LogP contribution in [0.3, 0.4) is 0 Å². The zero-order valence-electron chi connectivity index (χ0n) is 9.10. The summed E-state index contributed by atoms with van der Waals surface area (Å²) >= 11 is 0. The van der Waals surface area contributed by atoms with Gasteiger partial charge in [-0.25, -0.2) is 0 Å². The third-order valence-electron chi connectivity index (χ3n) is 2.91. The molecule has 4 nitrogen and oxygen atoms in total. The summed E-state index contributed by atoms with van der Waals surface area (Å²) in [5, 5.41) is 9.56. The minimum absolute atomic E-state index is 0.0365. The predicted molar refractivity (Wildman–Crippen MR) is 61.0 cm³/mol. The number of hydrogen-bond donors (Lipinski definition) is 2. The second kappa shape index (κ2) is 4.53. The molecular formula is C12H16N2O2. The molecule has 4 heteroatoms. The van der Waals surface area contributed by atoms with Gasteiger partial charge >= 0.3 is 0 Å². The van der Waals surface area contributed by atoms with Gasteiger partial charge in [0.25, 0.3) is 0 Å². The summed E-state index contributed by atoms with van der Waals surface area (Å²) in [6.07, 6.45) is 1.12. The lowest BCUT2D eigenvalue weighted by Gasteiger charge is -2.15. The Morgan fingerprint density at radius 2 is 2.25 bits per heavy atom. The van der Waals surface area contributed by atoms with Crippen LogP contribution in [-0.4, -0.2) is 35.0 Å². The summed E-state index contributed by atoms with van der Waals surface area (Å²) in [6.45, 7) is 1.36. The van der Waals surface area contributed by atoms with Crippen LogP contribution in [0.15, 0.2) is 24.3 Å². The van der Waals surface area contributed by atoms with E-state index >= 15 is 0 Å². The lowest BCUT2D eigenvalue weighted by Crippen LogP contribution is -2.32. The summed E-state index contributed by atoms with van der Waals surface area (Å²) in [4.78, 5) is 13.6. The predicted octanol–water partition coefficient (Wildman–Crippen LogP) is 0.494. The lowest BCUT2D eigenvalue weighted by atomic mass is 10.1. The number of carbonyl (C=O) groups is 1. The van der Waals surface area contributed by atoms with Gasteiger partial charge in [-0.15, -0.1) is 0 Å². The van der Waals surface area contributed by atoms with E-state index in [1.807, 2.05) is 6.07 Å². The third-order valence-corrected chi connectivity index (χ3v) is 2.91. The molecule has 1 heterocycles. The van der Waals surface area contributed by atoms with Crippen molar-refractivity contribution < 1.29 is 9.90 Å². The van der Waals surface area contributed by atoms with Crippen LogP contribution in [0.4, 0.5) is 0 Å². The number of nitrogens with two attached hydrogens (primary N) is 1. The lowest BCUT2D eigenvalue weighted by molar-refractivity contribution is -0.129. The van der Waals surface area contributed by atoms with Crippen molar-refractivity contribution in [2.24, 2.45) is 5.73 Å². The molecule has 1 aromatic carbocycles. The fourth-order valence-electron chi connectivity index (χ4n) is 1.95. The molecular weight excluding hydrogens is 204 g/mol. The van der Waals surface area contributed by atoms with Crippen LogP contribution >= 0.6 is 0 Å². The van der Waals surface area contributed by atoms with Gasteiger partial charge in [0.05, 0.1) is 6.42 Å². The summed E-state index contributed by atoms with van der Waals surface area (Å²) in [7, 11) is 0. The van der Waals surface area contributed by atoms with Gasteiger partial charge in [0.1, 0.15) is 5.75 Å². The Balaban J connectivity index is 2.00. The number of rotatable bonds is 2. The molecule has 86 valence electrons. The Bertz CT molecular complexity index is 392. The summed E-state index contributed by atoms with van der Waals surface area (Å²) in [5.74, 6) is 0.216. The maximum Gasteiger partial charge on any atom is 0.227 e. The number of benzene rings is 1. The van der Waals surface area contributed by atoms with E-state index in [9.17, 15) is 9.90 Å². The molecule has 1 atom stereocenters. The topological polar surface area (TPSA) is 66.6 Å². The number of carbonyl (C=O) groups excluding carboxylic acids is 1. The van der Waals surface area contributed by atoms with E-state index in [-0.39, 0.29) is 24.1 Å². The first-order valence-electron chi connectivity index (χ1n) is 5.47. The molecule has 1 saturated heterocycles. The highest BCUT2D eigenvalue weighted by atomic mass is 16.3. The van der Waals surface area contributed by atoms with Gasteiger partial charge in [0.2, 0.25) is 5.91 Å². The molecule has 0 bridgehead atoms. The van der Waals surface area contributed by atoms with Gasteiger partial charge in [-0.1, -0.05) is 18.2 Å². The Labute approximate surface area is 94.7 Å². The number of phenols is 1. The van der Waals surface area contributed by atoms with Crippen molar-refractivity contribution in [2.75, 3.05) is 13.1 Å². The molecule has 0 spiro atoms. The number of aromatic hydroxyl groups is 1. The minimum Gasteiger partial charge on any atom is -0.508 e. The number of amides is 1. The van der Waals surface area contributed by atoms with Crippen LogP contribution in [0.5, 0.6) is 5.75 Å². The number of para-hydroxylation sites is 1. The van der Waals surface area contributed by atoms with E-state index in [2.05, 4.69) is 0 Å². The van der Waals surface area contributed by atoms with Crippen molar-refractivity contribution in [1.82, 2.24) is 4.90 Å². The number of nitrogens with zero attached hydrogens (tertiary/aromatic N) is 1. The average molecular weight is 220 g/mol. The van der Waals surface area contributed by atoms with Crippen LogP contribution in [0, 0.1) is 0 Å². The van der Waals surface area contributed by atoms with Gasteiger partial charge in [-0.2, -0.15) is 0 Å². The Hall–Kier alpha value is -1.55. The smallest absolute Gasteiger partial charge is 0.227 e. The van der Waals surface area contributed by atoms with Crippen molar-refractivity contribution in [3.8, 4) is 5.75 Å². The summed E-state index contributed by atoms with van der Waals surface area (Å²) < 4.78 is 0. The molecule has 0 saturated carbocycles. The molecule has 1 aliphatic heterocycles. The van der Waals surface area contributed by atoms with Crippen LogP contribution in [0.1, 0.15) is 12.0 Å². The average Bonchev–Trinajstić information content (AvgIpc) is 2.68. The zero-order valence-corrected chi connectivity index (χ0v) is 9.10. The van der Waals surface area contributed by atoms with Crippen molar-refractivity contribution in [3.05, 3.63) is 29.8 Å². The molecule has 1 aliphatic rings. The molecule has 0 unspecified atom stereocenters. The standard InChI is InChI=1S/C12H16N2O2/c13-10-5-6-14(8-10)12(16)7-9-3-1-2-4-11(9)15/h1-4,10,15H,5-8,13H2/t10-/m0/s1. The number of likely N-dealkylation sites (tertiary alicyclic amines) is 1. The van der Waals surface area contributed by atoms with E-state index in [0.29, 0.717) is 12.1 Å². The molecule has 0 aromatic heterocycles. The Kier molecular flexibility index (Phi) is 3.10. The highest BCUT2D eigenvalue weighted by Gasteiger charge is 2.23. The zero-order chi connectivity index (χ0) is 11.5. The van der Waals surface area contributed by atoms with Gasteiger partial charge in [-0.3, -0.25) is 4.79 Å². The van der Waals surface area contributed by atoms with Crippen molar-refractivity contribution in [1.29, 1.82) is 0 Å². The number of hydrogen-bond acceptors (Lipinski definition) is 3. The molecule has 1 aromatic rings. The molecule has 0 aliphatic carbocycles. The van der Waals surface area contributed by atoms with E-state index < -0.39 is 0 Å². The molecule has 2 rings (SSSR count). The van der Waals surface area contributed by atoms with E-state index in [1.54, 1.807) is 23.1 Å². The van der Waals surface area contributed by atoms with Crippen molar-refractivity contribution >= 4 is 5.91 Å². The maximum atomic E-state index is 11.9. The highest BCUT2D eigenvalue weighted by Crippen LogP contribution is 2.18. The summed E-state index contributed by atoms with van der Waals surface area (Å²) in [6, 6.07) is 7.03. The largest absolute Gasteiger partial charge is 0.508 e. The SMILES string of the molecule is N[C@H]1CCN(C(=O)Cc2ccccc2O)C1. The monoisotopic (exact) mass is 220 g/mol. The molecule has 16 heavy (non-hydrogen) atoms. The molecule has 3 N–H and O–H groups in total. The third kappa shape index (κ3) is 2.33. The quantitative estimate of drug-likeness (QED) is 0.762. The van der Waals surface area contributed by atoms with Crippen molar-refractivity contribution in [3.63, 3.8) is 0 Å². The van der Waals surface area contributed by atoms with Crippen LogP contribution in [-0.2, 0) is 11.2 Å². The fraction of sp³-hybridized carbons (Fsp3) is 0.417. The van der Waals surface area contributed by atoms with Gasteiger partial charge in [0, 0.05) is 24.7 Å². The van der Waals surface area contributed by atoms with Gasteiger partial charge < -0.3 is 15.7 Å². The first kappa shape index (κ1) is 11.0. The van der Waals surface area contributed by atoms with Crippen LogP contribution < -0.4 is 5.73 Å². The molecule has 0 radical (unpaired) electrons. The Morgan fingerprint density at radius 1 is 1.50 bits per heavy atom. The van der Waals surface area contributed by atoms with E-state index in [0.717, 1.165) is 13.0 Å². The van der Waals surface area contributed by atoms with Gasteiger partial charge in [0.15, 0.2) is 0 Å². The normalized spacial score (nSPS) is 20.1. The maximum absolute atomic E-state index is 11.9. The van der Waals surface area contributed by atoms with Gasteiger partial charge in [-0.05, 0) is 12.5 Å². The Morgan fingerprint density at radius 3 is 2.88 bits per heavy atom. The highest BCUT2D eigenvalue weighted by molar-refractivity contribution is 5.79. The first-order valence-corrected chi connectivity index (χ1v) is 5.47. The number of phenolic OH excluding ortho intramolecular Hbond substituents is 1. The minimum atomic E-state index is 0.0365. The van der Waals surface area contributed by atoms with E-state index in [4.69, 9.17) is 5.73 Å². The molecule has 1 fully saturated rings. The second-order valence-electron chi connectivity index (χ2n) is 4.19. The second-order valence-corrected chi connectivity index (χ2v) is 4.19.